The molecule has 5 aliphatic rings. The number of esters is 1. The van der Waals surface area contributed by atoms with Crippen molar-refractivity contribution in [2.45, 2.75) is 90.6 Å². The lowest BCUT2D eigenvalue weighted by Gasteiger charge is -2.56. The van der Waals surface area contributed by atoms with Crippen LogP contribution in [0.2, 0.25) is 0 Å². The zero-order valence-electron chi connectivity index (χ0n) is 18.1. The molecule has 0 bridgehead atoms. The van der Waals surface area contributed by atoms with Crippen molar-refractivity contribution < 1.29 is 14.3 Å². The van der Waals surface area contributed by atoms with E-state index in [-0.39, 0.29) is 34.6 Å². The monoisotopic (exact) mass is 396 g/mol. The first kappa shape index (κ1) is 19.6. The van der Waals surface area contributed by atoms with Crippen molar-refractivity contribution in [3.05, 3.63) is 23.8 Å². The molecule has 3 heteroatoms. The summed E-state index contributed by atoms with van der Waals surface area (Å²) in [5.41, 5.74) is 1.54. The summed E-state index contributed by atoms with van der Waals surface area (Å²) >= 11 is 0. The minimum atomic E-state index is 0.0506. The number of hydrogen-bond acceptors (Lipinski definition) is 3. The number of ether oxygens (including phenoxy) is 1. The smallest absolute Gasteiger partial charge is 0.309 e. The molecule has 6 atom stereocenters. The van der Waals surface area contributed by atoms with Crippen molar-refractivity contribution in [1.82, 2.24) is 0 Å². The van der Waals surface area contributed by atoms with Gasteiger partial charge in [-0.3, -0.25) is 9.59 Å². The molecule has 5 rings (SSSR count). The van der Waals surface area contributed by atoms with E-state index in [9.17, 15) is 9.59 Å². The Morgan fingerprint density at radius 1 is 1.00 bits per heavy atom. The largest absolute Gasteiger partial charge is 0.462 e. The van der Waals surface area contributed by atoms with Gasteiger partial charge >= 0.3 is 5.97 Å². The maximum atomic E-state index is 12.9. The van der Waals surface area contributed by atoms with Gasteiger partial charge < -0.3 is 4.74 Å². The highest BCUT2D eigenvalue weighted by atomic mass is 16.5. The van der Waals surface area contributed by atoms with Crippen LogP contribution in [-0.4, -0.2) is 17.9 Å². The number of ketones is 1. The van der Waals surface area contributed by atoms with E-state index in [1.54, 1.807) is 6.08 Å². The van der Waals surface area contributed by atoms with Gasteiger partial charge in [-0.2, -0.15) is 0 Å². The molecule has 0 amide bonds. The quantitative estimate of drug-likeness (QED) is 0.555. The molecule has 3 nitrogen and oxygen atoms in total. The second-order valence-corrected chi connectivity index (χ2v) is 11.0. The summed E-state index contributed by atoms with van der Waals surface area (Å²) in [7, 11) is 0. The number of allylic oxidation sites excluding steroid dienone is 4. The molecule has 0 aromatic heterocycles. The van der Waals surface area contributed by atoms with Gasteiger partial charge in [-0.15, -0.1) is 0 Å². The van der Waals surface area contributed by atoms with E-state index in [0.717, 1.165) is 32.1 Å². The summed E-state index contributed by atoms with van der Waals surface area (Å²) in [5.74, 6) is 2.36. The van der Waals surface area contributed by atoms with Crippen LogP contribution in [0.5, 0.6) is 0 Å². The van der Waals surface area contributed by atoms with Crippen LogP contribution in [-0.2, 0) is 14.3 Å². The predicted molar refractivity (Wildman–Crippen MR) is 113 cm³/mol. The zero-order valence-corrected chi connectivity index (χ0v) is 18.1. The lowest BCUT2D eigenvalue weighted by Crippen LogP contribution is -2.51. The van der Waals surface area contributed by atoms with Crippen molar-refractivity contribution in [2.75, 3.05) is 0 Å². The molecule has 4 saturated carbocycles. The first-order valence-corrected chi connectivity index (χ1v) is 12.1. The molecule has 0 radical (unpaired) electrons. The normalized spacial score (nSPS) is 44.5. The molecule has 0 spiro atoms. The van der Waals surface area contributed by atoms with E-state index in [0.29, 0.717) is 17.8 Å². The lowest BCUT2D eigenvalue weighted by molar-refractivity contribution is -0.165. The van der Waals surface area contributed by atoms with E-state index >= 15 is 0 Å². The van der Waals surface area contributed by atoms with Gasteiger partial charge in [0, 0.05) is 10.8 Å². The molecule has 158 valence electrons. The molecule has 0 heterocycles. The highest BCUT2D eigenvalue weighted by Crippen LogP contribution is 2.65. The molecule has 0 unspecified atom stereocenters. The number of rotatable bonds is 2. The Balaban J connectivity index is 1.33. The summed E-state index contributed by atoms with van der Waals surface area (Å²) < 4.78 is 6.24. The number of carbonyl (C=O) groups excluding carboxylic acids is 2. The van der Waals surface area contributed by atoms with Crippen LogP contribution in [0.3, 0.4) is 0 Å². The average molecular weight is 397 g/mol. The van der Waals surface area contributed by atoms with Gasteiger partial charge in [0.05, 0.1) is 5.92 Å². The number of hydrogen-bond donors (Lipinski definition) is 0. The molecule has 0 aromatic carbocycles. The molecule has 0 N–H and O–H groups in total. The topological polar surface area (TPSA) is 43.4 Å². The average Bonchev–Trinajstić information content (AvgIpc) is 3.05. The van der Waals surface area contributed by atoms with Gasteiger partial charge in [0.2, 0.25) is 0 Å². The van der Waals surface area contributed by atoms with E-state index in [2.05, 4.69) is 19.9 Å². The zero-order chi connectivity index (χ0) is 20.2. The molecule has 0 aromatic rings. The Bertz CT molecular complexity index is 758. The first-order chi connectivity index (χ1) is 13.9. The maximum absolute atomic E-state index is 12.9. The van der Waals surface area contributed by atoms with Crippen LogP contribution in [0, 0.1) is 34.5 Å². The molecule has 0 saturated heterocycles. The third-order valence-electron chi connectivity index (χ3n) is 9.67. The number of fused-ring (bicyclic) bond motifs is 5. The molecule has 0 aliphatic heterocycles. The van der Waals surface area contributed by atoms with E-state index in [1.807, 2.05) is 6.08 Å². The van der Waals surface area contributed by atoms with Gasteiger partial charge in [0.15, 0.2) is 5.78 Å². The molecular formula is C26H36O3. The third-order valence-corrected chi connectivity index (χ3v) is 9.67. The standard InChI is InChI=1S/C26H36O3/c1-25-14-12-19(27)16-18(25)8-9-20-21-10-11-23(26(21,2)15-13-22(20)25)29-24(28)17-6-4-3-5-7-17/h12,14,16-17,20-23H,3-11,13,15H2,1-2H3/t20-,21-,22-,23-,25-,26-/m0/s1. The van der Waals surface area contributed by atoms with Crippen LogP contribution in [0.25, 0.3) is 0 Å². The fourth-order valence-corrected chi connectivity index (χ4v) is 7.92. The summed E-state index contributed by atoms with van der Waals surface area (Å²) in [6, 6.07) is 0. The number of carbonyl (C=O) groups is 2. The van der Waals surface area contributed by atoms with E-state index in [1.165, 1.54) is 44.1 Å². The second kappa shape index (κ2) is 7.10. The van der Waals surface area contributed by atoms with Crippen molar-refractivity contribution in [3.8, 4) is 0 Å². The molecule has 29 heavy (non-hydrogen) atoms. The minimum Gasteiger partial charge on any atom is -0.462 e. The Hall–Kier alpha value is -1.38. The van der Waals surface area contributed by atoms with Gasteiger partial charge in [-0.05, 0) is 81.3 Å². The third kappa shape index (κ3) is 3.06. The Kier molecular flexibility index (Phi) is 4.79. The van der Waals surface area contributed by atoms with Crippen LogP contribution >= 0.6 is 0 Å². The molecule has 4 fully saturated rings. The summed E-state index contributed by atoms with van der Waals surface area (Å²) in [4.78, 5) is 24.8. The first-order valence-electron chi connectivity index (χ1n) is 12.1. The van der Waals surface area contributed by atoms with Crippen molar-refractivity contribution in [2.24, 2.45) is 34.5 Å². The fraction of sp³-hybridized carbons (Fsp3) is 0.769. The van der Waals surface area contributed by atoms with Gasteiger partial charge in [0.25, 0.3) is 0 Å². The van der Waals surface area contributed by atoms with Crippen molar-refractivity contribution in [1.29, 1.82) is 0 Å². The van der Waals surface area contributed by atoms with Gasteiger partial charge in [-0.1, -0.05) is 44.8 Å². The summed E-state index contributed by atoms with van der Waals surface area (Å²) in [6.07, 6.45) is 18.5. The second-order valence-electron chi connectivity index (χ2n) is 11.0. The van der Waals surface area contributed by atoms with E-state index < -0.39 is 0 Å². The van der Waals surface area contributed by atoms with Crippen LogP contribution < -0.4 is 0 Å². The van der Waals surface area contributed by atoms with Crippen LogP contribution in [0.4, 0.5) is 0 Å². The summed E-state index contributed by atoms with van der Waals surface area (Å²) in [6.45, 7) is 4.77. The highest BCUT2D eigenvalue weighted by Gasteiger charge is 2.59. The molecule has 5 aliphatic carbocycles. The van der Waals surface area contributed by atoms with Gasteiger partial charge in [0.1, 0.15) is 6.10 Å². The molecular weight excluding hydrogens is 360 g/mol. The van der Waals surface area contributed by atoms with E-state index in [4.69, 9.17) is 4.74 Å². The SMILES string of the molecule is C[C@]12CC[C@H]3[C@@H](CCC4=CC(=O)C=C[C@@]43C)[C@@H]1CC[C@@H]2OC(=O)C1CCCCC1. The Morgan fingerprint density at radius 2 is 1.79 bits per heavy atom. The van der Waals surface area contributed by atoms with Crippen molar-refractivity contribution in [3.63, 3.8) is 0 Å². The lowest BCUT2D eigenvalue weighted by atomic mass is 9.48. The fourth-order valence-electron chi connectivity index (χ4n) is 7.92. The van der Waals surface area contributed by atoms with Gasteiger partial charge in [-0.25, -0.2) is 0 Å². The maximum Gasteiger partial charge on any atom is 0.309 e. The predicted octanol–water partition coefficient (Wildman–Crippen LogP) is 5.79. The Morgan fingerprint density at radius 3 is 2.59 bits per heavy atom. The van der Waals surface area contributed by atoms with Crippen molar-refractivity contribution >= 4 is 11.8 Å². The van der Waals surface area contributed by atoms with Crippen LogP contribution in [0.15, 0.2) is 23.8 Å². The summed E-state index contributed by atoms with van der Waals surface area (Å²) in [5, 5.41) is 0. The van der Waals surface area contributed by atoms with Crippen LogP contribution in [0.1, 0.15) is 84.5 Å². The Labute approximate surface area is 175 Å². The minimum absolute atomic E-state index is 0.0506. The highest BCUT2D eigenvalue weighted by molar-refractivity contribution is 6.01.